The molecule has 0 aliphatic rings. The highest BCUT2D eigenvalue weighted by atomic mass is 35.5. The molecule has 17 heavy (non-hydrogen) atoms. The largest absolute Gasteiger partial charge is 0.369 e. The van der Waals surface area contributed by atoms with Gasteiger partial charge < -0.3 is 11.5 Å². The molecule has 94 valence electrons. The summed E-state index contributed by atoms with van der Waals surface area (Å²) in [6.45, 7) is 3.70. The third-order valence-electron chi connectivity index (χ3n) is 1.85. The fraction of sp³-hybridized carbons (Fsp3) is 0.333. The zero-order valence-corrected chi connectivity index (χ0v) is 11.5. The summed E-state index contributed by atoms with van der Waals surface area (Å²) >= 11 is 1.49. The minimum absolute atomic E-state index is 0. The maximum Gasteiger partial charge on any atom is 0.211 e. The van der Waals surface area contributed by atoms with Crippen LogP contribution in [-0.4, -0.2) is 27.9 Å². The van der Waals surface area contributed by atoms with E-state index in [1.54, 1.807) is 13.1 Å². The highest BCUT2D eigenvalue weighted by Crippen LogP contribution is 2.12. The molecular weight excluding hydrogens is 260 g/mol. The molecule has 8 heteroatoms. The molecule has 0 aliphatic carbocycles. The second-order valence-electron chi connectivity index (χ2n) is 3.07. The zero-order chi connectivity index (χ0) is 12.1. The van der Waals surface area contributed by atoms with Gasteiger partial charge >= 0.3 is 0 Å². The summed E-state index contributed by atoms with van der Waals surface area (Å²) in [5.74, 6) is -0.0707. The Balaban J connectivity index is 0.00000256. The van der Waals surface area contributed by atoms with E-state index in [2.05, 4.69) is 20.2 Å². The van der Waals surface area contributed by atoms with E-state index < -0.39 is 0 Å². The topological polar surface area (TPSA) is 103 Å². The molecular formula is C9H15ClN6S. The maximum atomic E-state index is 5.19. The average molecular weight is 275 g/mol. The normalized spacial score (nSPS) is 10.6. The van der Waals surface area contributed by atoms with Gasteiger partial charge in [-0.2, -0.15) is 5.10 Å². The van der Waals surface area contributed by atoms with Crippen LogP contribution in [-0.2, 0) is 0 Å². The average Bonchev–Trinajstić information content (AvgIpc) is 2.25. The number of rotatable bonds is 3. The predicted molar refractivity (Wildman–Crippen MR) is 73.8 cm³/mol. The van der Waals surface area contributed by atoms with Crippen LogP contribution in [0.5, 0.6) is 0 Å². The third kappa shape index (κ3) is 4.58. The van der Waals surface area contributed by atoms with E-state index in [0.717, 1.165) is 16.4 Å². The Morgan fingerprint density at radius 1 is 1.35 bits per heavy atom. The second-order valence-corrected chi connectivity index (χ2v) is 3.84. The SMILES string of the molecule is CSc1ncc(/C(C)=N\N=C(N)N)c(C)n1.Cl. The van der Waals surface area contributed by atoms with Crippen LogP contribution in [0.1, 0.15) is 18.2 Å². The van der Waals surface area contributed by atoms with E-state index in [-0.39, 0.29) is 18.4 Å². The smallest absolute Gasteiger partial charge is 0.211 e. The lowest BCUT2D eigenvalue weighted by atomic mass is 10.2. The number of nitrogens with two attached hydrogens (primary N) is 2. The van der Waals surface area contributed by atoms with Crippen molar-refractivity contribution in [2.75, 3.05) is 6.26 Å². The fourth-order valence-corrected chi connectivity index (χ4v) is 1.47. The van der Waals surface area contributed by atoms with Gasteiger partial charge in [-0.3, -0.25) is 0 Å². The summed E-state index contributed by atoms with van der Waals surface area (Å²) in [7, 11) is 0. The van der Waals surface area contributed by atoms with Crippen molar-refractivity contribution in [1.29, 1.82) is 0 Å². The highest BCUT2D eigenvalue weighted by Gasteiger charge is 2.05. The van der Waals surface area contributed by atoms with Gasteiger partial charge in [-0.1, -0.05) is 11.8 Å². The van der Waals surface area contributed by atoms with E-state index in [1.807, 2.05) is 13.2 Å². The highest BCUT2D eigenvalue weighted by molar-refractivity contribution is 7.98. The van der Waals surface area contributed by atoms with Crippen LogP contribution in [0.15, 0.2) is 21.6 Å². The van der Waals surface area contributed by atoms with Gasteiger partial charge in [0.15, 0.2) is 5.16 Å². The van der Waals surface area contributed by atoms with Crippen LogP contribution in [0.3, 0.4) is 0 Å². The van der Waals surface area contributed by atoms with Gasteiger partial charge in [0, 0.05) is 11.8 Å². The Morgan fingerprint density at radius 2 is 2.00 bits per heavy atom. The molecule has 6 nitrogen and oxygen atoms in total. The molecule has 1 rings (SSSR count). The number of hydrogen-bond donors (Lipinski definition) is 2. The van der Waals surface area contributed by atoms with Crippen LogP contribution in [0.4, 0.5) is 0 Å². The Morgan fingerprint density at radius 3 is 2.47 bits per heavy atom. The van der Waals surface area contributed by atoms with Crippen molar-refractivity contribution in [2.45, 2.75) is 19.0 Å². The maximum absolute atomic E-state index is 5.19. The molecule has 4 N–H and O–H groups in total. The Labute approximate surface area is 110 Å². The van der Waals surface area contributed by atoms with Crippen molar-refractivity contribution >= 4 is 35.8 Å². The fourth-order valence-electron chi connectivity index (χ4n) is 1.09. The minimum atomic E-state index is -0.0707. The Bertz CT molecular complexity index is 441. The summed E-state index contributed by atoms with van der Waals surface area (Å²) in [6.07, 6.45) is 3.64. The van der Waals surface area contributed by atoms with E-state index in [0.29, 0.717) is 5.71 Å². The number of thioether (sulfide) groups is 1. The van der Waals surface area contributed by atoms with Gasteiger partial charge in [-0.15, -0.1) is 17.5 Å². The van der Waals surface area contributed by atoms with Gasteiger partial charge in [0.1, 0.15) is 0 Å². The van der Waals surface area contributed by atoms with Crippen LogP contribution in [0.2, 0.25) is 0 Å². The molecule has 0 amide bonds. The zero-order valence-electron chi connectivity index (χ0n) is 9.84. The van der Waals surface area contributed by atoms with Gasteiger partial charge in [0.2, 0.25) is 5.96 Å². The van der Waals surface area contributed by atoms with Gasteiger partial charge in [-0.25, -0.2) is 9.97 Å². The van der Waals surface area contributed by atoms with E-state index >= 15 is 0 Å². The van der Waals surface area contributed by atoms with E-state index in [9.17, 15) is 0 Å². The molecule has 0 aliphatic heterocycles. The second kappa shape index (κ2) is 7.08. The first-order valence-corrected chi connectivity index (χ1v) is 5.78. The van der Waals surface area contributed by atoms with Crippen LogP contribution in [0.25, 0.3) is 0 Å². The number of guanidine groups is 1. The lowest BCUT2D eigenvalue weighted by Crippen LogP contribution is -2.22. The Hall–Kier alpha value is -1.34. The minimum Gasteiger partial charge on any atom is -0.369 e. The Kier molecular flexibility index (Phi) is 6.52. The summed E-state index contributed by atoms with van der Waals surface area (Å²) in [5, 5.41) is 8.19. The molecule has 0 bridgehead atoms. The molecule has 0 spiro atoms. The van der Waals surface area contributed by atoms with Crippen molar-refractivity contribution in [1.82, 2.24) is 9.97 Å². The van der Waals surface area contributed by atoms with Crippen LogP contribution >= 0.6 is 24.2 Å². The lowest BCUT2D eigenvalue weighted by molar-refractivity contribution is 0.928. The molecule has 1 aromatic rings. The number of nitrogens with zero attached hydrogens (tertiary/aromatic N) is 4. The lowest BCUT2D eigenvalue weighted by Gasteiger charge is -2.03. The molecule has 0 radical (unpaired) electrons. The predicted octanol–water partition coefficient (Wildman–Crippen LogP) is 0.926. The number of halogens is 1. The standard InChI is InChI=1S/C9H14N6S.ClH/c1-5-7(4-12-9(13-5)16-3)6(2)14-15-8(10)11;/h4H,1-3H3,(H4,10,11,15);1H/b14-6-;. The molecule has 0 saturated carbocycles. The van der Waals surface area contributed by atoms with Crippen LogP contribution < -0.4 is 11.5 Å². The number of aryl methyl sites for hydroxylation is 1. The van der Waals surface area contributed by atoms with Crippen molar-refractivity contribution in [3.63, 3.8) is 0 Å². The van der Waals surface area contributed by atoms with Crippen molar-refractivity contribution in [3.8, 4) is 0 Å². The first kappa shape index (κ1) is 15.7. The van der Waals surface area contributed by atoms with E-state index in [4.69, 9.17) is 11.5 Å². The van der Waals surface area contributed by atoms with Crippen molar-refractivity contribution < 1.29 is 0 Å². The molecule has 1 aromatic heterocycles. The summed E-state index contributed by atoms with van der Waals surface area (Å²) in [6, 6.07) is 0. The molecule has 0 aromatic carbocycles. The summed E-state index contributed by atoms with van der Waals surface area (Å²) in [4.78, 5) is 8.47. The van der Waals surface area contributed by atoms with Crippen molar-refractivity contribution in [2.24, 2.45) is 21.7 Å². The monoisotopic (exact) mass is 274 g/mol. The van der Waals surface area contributed by atoms with Gasteiger partial charge in [0.05, 0.1) is 11.4 Å². The first-order chi connectivity index (χ1) is 7.54. The third-order valence-corrected chi connectivity index (χ3v) is 2.41. The summed E-state index contributed by atoms with van der Waals surface area (Å²) < 4.78 is 0. The number of aromatic nitrogens is 2. The number of hydrogen-bond acceptors (Lipinski definition) is 5. The van der Waals surface area contributed by atoms with Crippen LogP contribution in [0, 0.1) is 6.92 Å². The van der Waals surface area contributed by atoms with Crippen molar-refractivity contribution in [3.05, 3.63) is 17.5 Å². The van der Waals surface area contributed by atoms with Gasteiger partial charge in [-0.05, 0) is 20.1 Å². The molecule has 0 atom stereocenters. The van der Waals surface area contributed by atoms with E-state index in [1.165, 1.54) is 11.8 Å². The molecule has 0 unspecified atom stereocenters. The van der Waals surface area contributed by atoms with Gasteiger partial charge in [0.25, 0.3) is 0 Å². The molecule has 0 fully saturated rings. The summed E-state index contributed by atoms with van der Waals surface area (Å²) in [5.41, 5.74) is 12.7. The quantitative estimate of drug-likeness (QED) is 0.281. The molecule has 0 saturated heterocycles. The first-order valence-electron chi connectivity index (χ1n) is 4.55. The molecule has 1 heterocycles.